The standard InChI is InChI=1S/C11H12O6S/c1-7-2-4-8(5-3-7)18(16,17)9(11(14)15)6-10(12)13/h2-5,9H,6H2,1H3,(H,12,13)(H,14,15). The van der Waals surface area contributed by atoms with Gasteiger partial charge in [0.05, 0.1) is 11.3 Å². The van der Waals surface area contributed by atoms with Gasteiger partial charge in [0.1, 0.15) is 0 Å². The van der Waals surface area contributed by atoms with Crippen LogP contribution in [0.1, 0.15) is 12.0 Å². The Kier molecular flexibility index (Phi) is 4.07. The summed E-state index contributed by atoms with van der Waals surface area (Å²) in [4.78, 5) is 21.2. The van der Waals surface area contributed by atoms with Gasteiger partial charge < -0.3 is 10.2 Å². The number of carboxylic acids is 2. The predicted octanol–water partition coefficient (Wildman–Crippen LogP) is 0.697. The summed E-state index contributed by atoms with van der Waals surface area (Å²) in [5, 5.41) is 15.4. The monoisotopic (exact) mass is 272 g/mol. The average Bonchev–Trinajstić information content (AvgIpc) is 2.25. The van der Waals surface area contributed by atoms with Crippen LogP contribution in [0.4, 0.5) is 0 Å². The number of sulfone groups is 1. The molecule has 0 saturated carbocycles. The third-order valence-electron chi connectivity index (χ3n) is 2.36. The number of benzene rings is 1. The highest BCUT2D eigenvalue weighted by molar-refractivity contribution is 7.92. The number of rotatable bonds is 5. The van der Waals surface area contributed by atoms with Gasteiger partial charge in [-0.1, -0.05) is 17.7 Å². The summed E-state index contributed by atoms with van der Waals surface area (Å²) in [6, 6.07) is 5.57. The summed E-state index contributed by atoms with van der Waals surface area (Å²) in [6.45, 7) is 1.75. The van der Waals surface area contributed by atoms with Crippen LogP contribution in [0.25, 0.3) is 0 Å². The topological polar surface area (TPSA) is 109 Å². The molecular weight excluding hydrogens is 260 g/mol. The minimum atomic E-state index is -4.19. The second-order valence-corrected chi connectivity index (χ2v) is 5.91. The molecule has 0 aromatic heterocycles. The molecule has 0 radical (unpaired) electrons. The van der Waals surface area contributed by atoms with E-state index in [2.05, 4.69) is 0 Å². The van der Waals surface area contributed by atoms with Crippen LogP contribution in [0.15, 0.2) is 29.2 Å². The Morgan fingerprint density at radius 1 is 1.17 bits per heavy atom. The molecule has 98 valence electrons. The molecule has 1 aromatic carbocycles. The molecule has 0 fully saturated rings. The SMILES string of the molecule is Cc1ccc(S(=O)(=O)C(CC(=O)O)C(=O)O)cc1. The van der Waals surface area contributed by atoms with Gasteiger partial charge in [0.15, 0.2) is 15.1 Å². The fourth-order valence-electron chi connectivity index (χ4n) is 1.38. The zero-order valence-corrected chi connectivity index (χ0v) is 10.3. The van der Waals surface area contributed by atoms with E-state index in [1.165, 1.54) is 24.3 Å². The lowest BCUT2D eigenvalue weighted by Crippen LogP contribution is -2.32. The quantitative estimate of drug-likeness (QED) is 0.816. The van der Waals surface area contributed by atoms with Crippen molar-refractivity contribution in [2.75, 3.05) is 0 Å². The van der Waals surface area contributed by atoms with Gasteiger partial charge >= 0.3 is 11.9 Å². The molecule has 2 N–H and O–H groups in total. The van der Waals surface area contributed by atoms with Crippen LogP contribution >= 0.6 is 0 Å². The zero-order valence-electron chi connectivity index (χ0n) is 9.53. The smallest absolute Gasteiger partial charge is 0.322 e. The maximum absolute atomic E-state index is 12.0. The maximum atomic E-state index is 12.0. The lowest BCUT2D eigenvalue weighted by atomic mass is 10.2. The number of carboxylic acid groups (broad SMARTS) is 2. The molecule has 18 heavy (non-hydrogen) atoms. The highest BCUT2D eigenvalue weighted by atomic mass is 32.2. The van der Waals surface area contributed by atoms with Gasteiger partial charge in [-0.3, -0.25) is 9.59 Å². The predicted molar refractivity (Wildman–Crippen MR) is 62.0 cm³/mol. The Hall–Kier alpha value is -1.89. The lowest BCUT2D eigenvalue weighted by Gasteiger charge is -2.11. The first-order valence-electron chi connectivity index (χ1n) is 5.00. The number of hydrogen-bond acceptors (Lipinski definition) is 4. The Labute approximate surface area is 104 Å². The molecule has 0 heterocycles. The van der Waals surface area contributed by atoms with E-state index in [1.54, 1.807) is 6.92 Å². The Balaban J connectivity index is 3.21. The van der Waals surface area contributed by atoms with E-state index in [-0.39, 0.29) is 4.90 Å². The molecule has 1 unspecified atom stereocenters. The molecule has 0 amide bonds. The second-order valence-electron chi connectivity index (χ2n) is 3.78. The van der Waals surface area contributed by atoms with Crippen molar-refractivity contribution in [3.05, 3.63) is 29.8 Å². The summed E-state index contributed by atoms with van der Waals surface area (Å²) >= 11 is 0. The van der Waals surface area contributed by atoms with Crippen molar-refractivity contribution < 1.29 is 28.2 Å². The summed E-state index contributed by atoms with van der Waals surface area (Å²) in [7, 11) is -4.19. The maximum Gasteiger partial charge on any atom is 0.322 e. The van der Waals surface area contributed by atoms with Crippen LogP contribution in [0.5, 0.6) is 0 Å². The van der Waals surface area contributed by atoms with Gasteiger partial charge in [0.2, 0.25) is 0 Å². The first-order valence-corrected chi connectivity index (χ1v) is 6.55. The van der Waals surface area contributed by atoms with Gasteiger partial charge in [-0.25, -0.2) is 8.42 Å². The average molecular weight is 272 g/mol. The van der Waals surface area contributed by atoms with Crippen LogP contribution in [0, 0.1) is 6.92 Å². The number of carbonyl (C=O) groups is 2. The van der Waals surface area contributed by atoms with Crippen molar-refractivity contribution in [2.45, 2.75) is 23.5 Å². The van der Waals surface area contributed by atoms with Crippen molar-refractivity contribution in [3.63, 3.8) is 0 Å². The molecule has 0 aliphatic rings. The molecule has 1 atom stereocenters. The summed E-state index contributed by atoms with van der Waals surface area (Å²) in [6.07, 6.45) is -0.967. The highest BCUT2D eigenvalue weighted by Crippen LogP contribution is 2.19. The van der Waals surface area contributed by atoms with Gasteiger partial charge in [-0.2, -0.15) is 0 Å². The molecule has 0 saturated heterocycles. The lowest BCUT2D eigenvalue weighted by molar-refractivity contribution is -0.143. The van der Waals surface area contributed by atoms with Crippen LogP contribution in [0.3, 0.4) is 0 Å². The van der Waals surface area contributed by atoms with Crippen LogP contribution < -0.4 is 0 Å². The van der Waals surface area contributed by atoms with Gasteiger partial charge in [-0.15, -0.1) is 0 Å². The minimum absolute atomic E-state index is 0.193. The van der Waals surface area contributed by atoms with Crippen molar-refractivity contribution in [3.8, 4) is 0 Å². The van der Waals surface area contributed by atoms with E-state index in [0.717, 1.165) is 5.56 Å². The van der Waals surface area contributed by atoms with E-state index in [9.17, 15) is 18.0 Å². The Bertz CT molecular complexity index is 558. The van der Waals surface area contributed by atoms with Crippen LogP contribution in [0.2, 0.25) is 0 Å². The Morgan fingerprint density at radius 3 is 2.06 bits per heavy atom. The normalized spacial score (nSPS) is 12.9. The number of hydrogen-bond donors (Lipinski definition) is 2. The molecule has 1 aromatic rings. The molecular formula is C11H12O6S. The Morgan fingerprint density at radius 2 is 1.67 bits per heavy atom. The van der Waals surface area contributed by atoms with E-state index in [4.69, 9.17) is 10.2 Å². The van der Waals surface area contributed by atoms with Crippen molar-refractivity contribution in [1.29, 1.82) is 0 Å². The fraction of sp³-hybridized carbons (Fsp3) is 0.273. The van der Waals surface area contributed by atoms with E-state index < -0.39 is 33.4 Å². The summed E-state index contributed by atoms with van der Waals surface area (Å²) in [5.74, 6) is -3.14. The van der Waals surface area contributed by atoms with Gasteiger partial charge in [0.25, 0.3) is 0 Å². The van der Waals surface area contributed by atoms with Crippen LogP contribution in [-0.2, 0) is 19.4 Å². The van der Waals surface area contributed by atoms with E-state index >= 15 is 0 Å². The van der Waals surface area contributed by atoms with Gasteiger partial charge in [0, 0.05) is 0 Å². The largest absolute Gasteiger partial charge is 0.481 e. The highest BCUT2D eigenvalue weighted by Gasteiger charge is 2.35. The number of aliphatic carboxylic acids is 2. The second kappa shape index (κ2) is 5.18. The molecule has 6 nitrogen and oxygen atoms in total. The van der Waals surface area contributed by atoms with Crippen molar-refractivity contribution in [2.24, 2.45) is 0 Å². The van der Waals surface area contributed by atoms with Crippen molar-refractivity contribution >= 4 is 21.8 Å². The molecule has 0 aliphatic carbocycles. The molecule has 7 heteroatoms. The zero-order chi connectivity index (χ0) is 13.9. The molecule has 1 rings (SSSR count). The van der Waals surface area contributed by atoms with Crippen LogP contribution in [-0.4, -0.2) is 35.8 Å². The van der Waals surface area contributed by atoms with E-state index in [1.807, 2.05) is 0 Å². The fourth-order valence-corrected chi connectivity index (χ4v) is 2.85. The third kappa shape index (κ3) is 3.07. The molecule has 0 aliphatic heterocycles. The van der Waals surface area contributed by atoms with Gasteiger partial charge in [-0.05, 0) is 19.1 Å². The molecule has 0 spiro atoms. The molecule has 0 bridgehead atoms. The van der Waals surface area contributed by atoms with Crippen molar-refractivity contribution in [1.82, 2.24) is 0 Å². The van der Waals surface area contributed by atoms with E-state index in [0.29, 0.717) is 0 Å². The summed E-state index contributed by atoms with van der Waals surface area (Å²) < 4.78 is 24.0. The number of aryl methyl sites for hydroxylation is 1. The first-order chi connectivity index (χ1) is 8.25. The minimum Gasteiger partial charge on any atom is -0.481 e. The first kappa shape index (κ1) is 14.2. The third-order valence-corrected chi connectivity index (χ3v) is 4.41. The summed E-state index contributed by atoms with van der Waals surface area (Å²) in [5.41, 5.74) is 0.819.